The molecule has 0 unspecified atom stereocenters. The maximum Gasteiger partial charge on any atom is 0.410 e. The van der Waals surface area contributed by atoms with Crippen LogP contribution >= 0.6 is 0 Å². The van der Waals surface area contributed by atoms with Crippen molar-refractivity contribution in [2.75, 3.05) is 13.1 Å². The molecule has 3 N–H and O–H groups in total. The van der Waals surface area contributed by atoms with Crippen LogP contribution in [-0.4, -0.2) is 48.4 Å². The second-order valence-electron chi connectivity index (χ2n) is 5.34. The number of rotatable bonds is 2. The minimum atomic E-state index is -0.435. The van der Waals surface area contributed by atoms with E-state index in [9.17, 15) is 4.79 Å². The number of ether oxygens (including phenoxy) is 1. The molecule has 0 radical (unpaired) electrons. The largest absolute Gasteiger partial charge is 0.444 e. The summed E-state index contributed by atoms with van der Waals surface area (Å²) in [6.45, 7) is 7.02. The summed E-state index contributed by atoms with van der Waals surface area (Å²) in [4.78, 5) is 20.5. The topological polar surface area (TPSA) is 81.9 Å². The first-order chi connectivity index (χ1) is 8.42. The molecule has 6 heteroatoms. The Labute approximate surface area is 108 Å². The number of nitrogens with one attached hydrogen (secondary N) is 1. The standard InChI is InChI=1S/C12H22N4O2/c1-12(2,3)18-11(17)16-6-4-10(5-7-16)15-9-14-8-13/h8-10H,4-7H2,1-3H3,(H2,13,14,15)/p+1. The minimum Gasteiger partial charge on any atom is -0.444 e. The molecule has 0 atom stereocenters. The summed E-state index contributed by atoms with van der Waals surface area (Å²) in [5.41, 5.74) is 4.70. The van der Waals surface area contributed by atoms with Crippen LogP contribution in [0.15, 0.2) is 4.99 Å². The van der Waals surface area contributed by atoms with Crippen LogP contribution in [-0.2, 0) is 4.74 Å². The maximum atomic E-state index is 11.8. The Morgan fingerprint density at radius 1 is 1.44 bits per heavy atom. The van der Waals surface area contributed by atoms with E-state index in [1.165, 1.54) is 6.34 Å². The third-order valence-corrected chi connectivity index (χ3v) is 2.62. The predicted molar refractivity (Wildman–Crippen MR) is 70.5 cm³/mol. The summed E-state index contributed by atoms with van der Waals surface area (Å²) in [5.74, 6) is 0. The molecule has 0 aromatic rings. The second-order valence-corrected chi connectivity index (χ2v) is 5.34. The fourth-order valence-electron chi connectivity index (χ4n) is 1.75. The van der Waals surface area contributed by atoms with Crippen molar-refractivity contribution in [3.63, 3.8) is 0 Å². The van der Waals surface area contributed by atoms with Crippen molar-refractivity contribution < 1.29 is 14.5 Å². The Kier molecular flexibility index (Phi) is 5.12. The van der Waals surface area contributed by atoms with Crippen molar-refractivity contribution in [3.05, 3.63) is 0 Å². The second kappa shape index (κ2) is 6.37. The van der Waals surface area contributed by atoms with E-state index >= 15 is 0 Å². The molecule has 0 aromatic carbocycles. The molecule has 1 rings (SSSR count). The normalized spacial score (nSPS) is 18.7. The van der Waals surface area contributed by atoms with E-state index in [-0.39, 0.29) is 6.09 Å². The molecular weight excluding hydrogens is 232 g/mol. The van der Waals surface area contributed by atoms with Gasteiger partial charge in [0.25, 0.3) is 6.34 Å². The van der Waals surface area contributed by atoms with E-state index < -0.39 is 5.60 Å². The van der Waals surface area contributed by atoms with E-state index in [1.807, 2.05) is 20.8 Å². The van der Waals surface area contributed by atoms with Crippen molar-refractivity contribution >= 4 is 18.8 Å². The number of hydrogen-bond acceptors (Lipinski definition) is 2. The van der Waals surface area contributed by atoms with Gasteiger partial charge in [-0.25, -0.2) is 4.79 Å². The first kappa shape index (κ1) is 14.5. The molecular formula is C12H23N4O2+. The zero-order valence-electron chi connectivity index (χ0n) is 11.3. The first-order valence-electron chi connectivity index (χ1n) is 6.21. The Morgan fingerprint density at radius 3 is 2.56 bits per heavy atom. The molecule has 18 heavy (non-hydrogen) atoms. The molecule has 102 valence electrons. The van der Waals surface area contributed by atoms with Crippen molar-refractivity contribution in [3.8, 4) is 0 Å². The van der Waals surface area contributed by atoms with Gasteiger partial charge in [-0.3, -0.25) is 4.99 Å². The number of likely N-dealkylation sites (tertiary alicyclic amines) is 1. The van der Waals surface area contributed by atoms with E-state index in [0.717, 1.165) is 12.8 Å². The third-order valence-electron chi connectivity index (χ3n) is 2.62. The zero-order chi connectivity index (χ0) is 13.6. The molecule has 1 aliphatic heterocycles. The van der Waals surface area contributed by atoms with E-state index in [4.69, 9.17) is 10.5 Å². The number of nitrogens with zero attached hydrogens (tertiary/aromatic N) is 2. The van der Waals surface area contributed by atoms with Crippen LogP contribution in [0, 0.1) is 0 Å². The lowest BCUT2D eigenvalue weighted by Gasteiger charge is -2.31. The summed E-state index contributed by atoms with van der Waals surface area (Å²) < 4.78 is 5.33. The Hall–Kier alpha value is -1.59. The van der Waals surface area contributed by atoms with Gasteiger partial charge in [-0.2, -0.15) is 0 Å². The van der Waals surface area contributed by atoms with Crippen LogP contribution in [0.4, 0.5) is 4.79 Å². The van der Waals surface area contributed by atoms with Gasteiger partial charge >= 0.3 is 6.09 Å². The van der Waals surface area contributed by atoms with Gasteiger partial charge in [0.2, 0.25) is 6.34 Å². The first-order valence-corrected chi connectivity index (χ1v) is 6.21. The highest BCUT2D eigenvalue weighted by Gasteiger charge is 2.27. The highest BCUT2D eigenvalue weighted by atomic mass is 16.6. The van der Waals surface area contributed by atoms with Crippen molar-refractivity contribution in [1.82, 2.24) is 4.90 Å². The van der Waals surface area contributed by atoms with Gasteiger partial charge in [-0.15, -0.1) is 0 Å². The van der Waals surface area contributed by atoms with Crippen LogP contribution < -0.4 is 10.7 Å². The summed E-state index contributed by atoms with van der Waals surface area (Å²) in [5, 5.41) is 0. The van der Waals surface area contributed by atoms with Crippen molar-refractivity contribution in [1.29, 1.82) is 0 Å². The van der Waals surface area contributed by atoms with Gasteiger partial charge in [0.15, 0.2) is 0 Å². The van der Waals surface area contributed by atoms with Crippen LogP contribution in [0.1, 0.15) is 33.6 Å². The van der Waals surface area contributed by atoms with E-state index in [0.29, 0.717) is 19.1 Å². The summed E-state index contributed by atoms with van der Waals surface area (Å²) in [7, 11) is 0. The van der Waals surface area contributed by atoms with Crippen LogP contribution in [0.2, 0.25) is 0 Å². The van der Waals surface area contributed by atoms with Gasteiger partial charge in [0.1, 0.15) is 5.60 Å². The molecule has 0 aromatic heterocycles. The number of aliphatic imine (C=N–C) groups is 1. The fraction of sp³-hybridized carbons (Fsp3) is 0.750. The Bertz CT molecular complexity index is 325. The summed E-state index contributed by atoms with van der Waals surface area (Å²) >= 11 is 0. The zero-order valence-corrected chi connectivity index (χ0v) is 11.3. The van der Waals surface area contributed by atoms with Gasteiger partial charge in [0, 0.05) is 25.9 Å². The summed E-state index contributed by atoms with van der Waals surface area (Å²) in [6.07, 6.45) is 4.37. The number of carbonyl (C=O) groups excluding carboxylic acids is 1. The van der Waals surface area contributed by atoms with Crippen molar-refractivity contribution in [2.45, 2.75) is 45.3 Å². The number of piperidine rings is 1. The Morgan fingerprint density at radius 2 is 2.06 bits per heavy atom. The number of nitrogens with two attached hydrogens (primary N) is 1. The van der Waals surface area contributed by atoms with Crippen LogP contribution in [0.25, 0.3) is 0 Å². The van der Waals surface area contributed by atoms with Gasteiger partial charge in [-0.1, -0.05) is 0 Å². The SMILES string of the molecule is CC(C)(C)OC(=O)N1CCC([NH+]=CN=CN)CC1. The molecule has 0 bridgehead atoms. The third kappa shape index (κ3) is 5.16. The molecule has 1 amide bonds. The molecule has 1 fully saturated rings. The highest BCUT2D eigenvalue weighted by Crippen LogP contribution is 2.13. The van der Waals surface area contributed by atoms with Crippen LogP contribution in [0.3, 0.4) is 0 Å². The smallest absolute Gasteiger partial charge is 0.410 e. The lowest BCUT2D eigenvalue weighted by molar-refractivity contribution is -0.503. The van der Waals surface area contributed by atoms with Crippen LogP contribution in [0.5, 0.6) is 0 Å². The quantitative estimate of drug-likeness (QED) is 0.514. The number of amides is 1. The molecule has 1 aliphatic rings. The monoisotopic (exact) mass is 255 g/mol. The predicted octanol–water partition coefficient (Wildman–Crippen LogP) is -0.518. The molecule has 0 spiro atoms. The average Bonchev–Trinajstić information content (AvgIpc) is 2.28. The van der Waals surface area contributed by atoms with Gasteiger partial charge < -0.3 is 15.4 Å². The van der Waals surface area contributed by atoms with Gasteiger partial charge in [-0.05, 0) is 25.8 Å². The highest BCUT2D eigenvalue weighted by molar-refractivity contribution is 5.68. The lowest BCUT2D eigenvalue weighted by atomic mass is 10.1. The summed E-state index contributed by atoms with van der Waals surface area (Å²) in [6, 6.07) is 0.340. The van der Waals surface area contributed by atoms with Crippen molar-refractivity contribution in [2.24, 2.45) is 10.7 Å². The number of carbonyl (C=O) groups is 1. The Balaban J connectivity index is 2.37. The lowest BCUT2D eigenvalue weighted by Crippen LogP contribution is -2.78. The molecule has 1 saturated heterocycles. The molecule has 6 nitrogen and oxygen atoms in total. The molecule has 1 heterocycles. The minimum absolute atomic E-state index is 0.232. The number of hydrogen-bond donors (Lipinski definition) is 2. The molecule has 0 aliphatic carbocycles. The van der Waals surface area contributed by atoms with E-state index in [1.54, 1.807) is 11.2 Å². The van der Waals surface area contributed by atoms with E-state index in [2.05, 4.69) is 9.98 Å². The average molecular weight is 255 g/mol. The maximum absolute atomic E-state index is 11.8. The molecule has 0 saturated carbocycles. The van der Waals surface area contributed by atoms with Gasteiger partial charge in [0.05, 0.1) is 6.04 Å². The fourth-order valence-corrected chi connectivity index (χ4v) is 1.75.